The van der Waals surface area contributed by atoms with Crippen LogP contribution < -0.4 is 9.46 Å². The molecule has 0 bridgehead atoms. The van der Waals surface area contributed by atoms with Crippen LogP contribution in [0.25, 0.3) is 0 Å². The number of aromatic hydroxyl groups is 2. The van der Waals surface area contributed by atoms with Crippen LogP contribution in [0.5, 0.6) is 23.3 Å². The molecule has 4 N–H and O–H groups in total. The van der Waals surface area contributed by atoms with Gasteiger partial charge in [0.15, 0.2) is 0 Å². The smallest absolute Gasteiger partial charge is 0.262 e. The lowest BCUT2D eigenvalue weighted by molar-refractivity contribution is 0.131. The summed E-state index contributed by atoms with van der Waals surface area (Å²) in [5.41, 5.74) is -0.392. The number of benzene rings is 2. The monoisotopic (exact) mass is 380 g/mol. The van der Waals surface area contributed by atoms with E-state index in [2.05, 4.69) is 0 Å². The van der Waals surface area contributed by atoms with Crippen LogP contribution in [0.1, 0.15) is 0 Å². The Bertz CT molecular complexity index is 1030. The van der Waals surface area contributed by atoms with Crippen molar-refractivity contribution in [2.24, 2.45) is 0 Å². The Hall–Kier alpha value is -3.40. The third kappa shape index (κ3) is 3.49. The van der Waals surface area contributed by atoms with Gasteiger partial charge in [-0.3, -0.25) is 4.72 Å². The second-order valence-electron chi connectivity index (χ2n) is 5.18. The summed E-state index contributed by atoms with van der Waals surface area (Å²) in [6.45, 7) is 0. The molecule has 2 aromatic carbocycles. The summed E-state index contributed by atoms with van der Waals surface area (Å²) in [7, 11) is -4.09. The van der Waals surface area contributed by atoms with Gasteiger partial charge in [-0.05, 0) is 48.5 Å². The average Bonchev–Trinajstić information content (AvgIpc) is 2.84. The number of hydrogen-bond acceptors (Lipinski definition) is 6. The van der Waals surface area contributed by atoms with Gasteiger partial charge in [0.25, 0.3) is 15.9 Å². The minimum atomic E-state index is -4.09. The highest BCUT2D eigenvalue weighted by Gasteiger charge is 2.20. The first-order valence-electron chi connectivity index (χ1n) is 7.15. The van der Waals surface area contributed by atoms with E-state index in [0.717, 1.165) is 6.07 Å². The van der Waals surface area contributed by atoms with Crippen molar-refractivity contribution in [1.82, 2.24) is 4.73 Å². The van der Waals surface area contributed by atoms with Gasteiger partial charge in [0.2, 0.25) is 5.88 Å². The largest absolute Gasteiger partial charge is 0.492 e. The first-order chi connectivity index (χ1) is 12.3. The van der Waals surface area contributed by atoms with E-state index >= 15 is 0 Å². The number of nitrogens with zero attached hydrogens (tertiary/aromatic N) is 1. The molecule has 1 heterocycles. The molecule has 0 aliphatic rings. The van der Waals surface area contributed by atoms with E-state index in [1.54, 1.807) is 0 Å². The van der Waals surface area contributed by atoms with Crippen LogP contribution in [0.4, 0.5) is 10.1 Å². The van der Waals surface area contributed by atoms with Crippen molar-refractivity contribution in [3.05, 3.63) is 60.4 Å². The lowest BCUT2D eigenvalue weighted by Gasteiger charge is -2.09. The molecule has 136 valence electrons. The molecule has 0 amide bonds. The molecular formula is C16H13FN2O6S. The summed E-state index contributed by atoms with van der Waals surface area (Å²) < 4.78 is 45.0. The minimum Gasteiger partial charge on any atom is -0.492 e. The molecule has 0 radical (unpaired) electrons. The highest BCUT2D eigenvalue weighted by molar-refractivity contribution is 7.92. The Labute approximate surface area is 147 Å². The number of nitrogens with one attached hydrogen (secondary N) is 1. The van der Waals surface area contributed by atoms with Crippen molar-refractivity contribution in [2.45, 2.75) is 4.90 Å². The number of hydrogen-bond donors (Lipinski definition) is 4. The molecule has 0 aliphatic carbocycles. The standard InChI is InChI=1S/C16H13FN2O6S/c17-10-1-3-11(4-2-10)25-12-5-7-13(8-6-12)26(23,24)18-14-9-15(20)19(22)16(14)21/h1-9,18,20-22H. The molecule has 10 heteroatoms. The van der Waals surface area contributed by atoms with Crippen LogP contribution in [0.3, 0.4) is 0 Å². The molecule has 26 heavy (non-hydrogen) atoms. The average molecular weight is 380 g/mol. The van der Waals surface area contributed by atoms with Gasteiger partial charge < -0.3 is 20.2 Å². The maximum Gasteiger partial charge on any atom is 0.262 e. The van der Waals surface area contributed by atoms with E-state index in [1.165, 1.54) is 48.5 Å². The number of ether oxygens (including phenoxy) is 1. The summed E-state index contributed by atoms with van der Waals surface area (Å²) in [5, 5.41) is 28.0. The Morgan fingerprint density at radius 1 is 0.962 bits per heavy atom. The molecule has 0 saturated heterocycles. The van der Waals surface area contributed by atoms with E-state index in [-0.39, 0.29) is 9.63 Å². The lowest BCUT2D eigenvalue weighted by Crippen LogP contribution is -2.12. The molecule has 0 unspecified atom stereocenters. The molecular weight excluding hydrogens is 367 g/mol. The van der Waals surface area contributed by atoms with Crippen LogP contribution in [0.15, 0.2) is 59.5 Å². The predicted molar refractivity (Wildman–Crippen MR) is 88.7 cm³/mol. The van der Waals surface area contributed by atoms with Gasteiger partial charge >= 0.3 is 0 Å². The van der Waals surface area contributed by atoms with Gasteiger partial charge in [-0.2, -0.15) is 0 Å². The zero-order valence-corrected chi connectivity index (χ0v) is 13.8. The van der Waals surface area contributed by atoms with E-state index in [1.807, 2.05) is 4.72 Å². The Balaban J connectivity index is 1.78. The Morgan fingerprint density at radius 3 is 2.00 bits per heavy atom. The summed E-state index contributed by atoms with van der Waals surface area (Å²) in [4.78, 5) is -0.145. The second kappa shape index (κ2) is 6.48. The van der Waals surface area contributed by atoms with E-state index in [0.29, 0.717) is 11.5 Å². The summed E-state index contributed by atoms with van der Waals surface area (Å²) >= 11 is 0. The Morgan fingerprint density at radius 2 is 1.50 bits per heavy atom. The zero-order chi connectivity index (χ0) is 18.9. The van der Waals surface area contributed by atoms with Gasteiger partial charge in [0.05, 0.1) is 4.90 Å². The Kier molecular flexibility index (Phi) is 4.34. The van der Waals surface area contributed by atoms with Crippen molar-refractivity contribution < 1.29 is 33.0 Å². The highest BCUT2D eigenvalue weighted by atomic mass is 32.2. The molecule has 8 nitrogen and oxygen atoms in total. The molecule has 3 rings (SSSR count). The maximum atomic E-state index is 12.9. The van der Waals surface area contributed by atoms with Crippen LogP contribution >= 0.6 is 0 Å². The van der Waals surface area contributed by atoms with Gasteiger partial charge in [-0.25, -0.2) is 12.8 Å². The van der Waals surface area contributed by atoms with Gasteiger partial charge in [0, 0.05) is 6.07 Å². The molecule has 0 aliphatic heterocycles. The van der Waals surface area contributed by atoms with Crippen LogP contribution in [0.2, 0.25) is 0 Å². The number of halogens is 1. The van der Waals surface area contributed by atoms with Crippen molar-refractivity contribution in [1.29, 1.82) is 0 Å². The first kappa shape index (κ1) is 17.4. The number of rotatable bonds is 5. The molecule has 1 aromatic heterocycles. The zero-order valence-electron chi connectivity index (χ0n) is 13.0. The van der Waals surface area contributed by atoms with Gasteiger partial charge in [-0.1, -0.05) is 0 Å². The predicted octanol–water partition coefficient (Wildman–Crippen LogP) is 2.87. The van der Waals surface area contributed by atoms with Crippen molar-refractivity contribution in [2.75, 3.05) is 4.72 Å². The van der Waals surface area contributed by atoms with Crippen LogP contribution in [-0.2, 0) is 10.0 Å². The fourth-order valence-electron chi connectivity index (χ4n) is 2.08. The van der Waals surface area contributed by atoms with E-state index in [9.17, 15) is 28.2 Å². The number of sulfonamides is 1. The SMILES string of the molecule is O=S(=O)(Nc1cc(O)n(O)c1O)c1ccc(Oc2ccc(F)cc2)cc1. The van der Waals surface area contributed by atoms with E-state index in [4.69, 9.17) is 4.74 Å². The molecule has 0 spiro atoms. The first-order valence-corrected chi connectivity index (χ1v) is 8.64. The minimum absolute atomic E-state index is 0.0253. The highest BCUT2D eigenvalue weighted by Crippen LogP contribution is 2.32. The third-order valence-electron chi connectivity index (χ3n) is 3.36. The normalized spacial score (nSPS) is 11.3. The third-order valence-corrected chi connectivity index (χ3v) is 4.74. The molecule has 3 aromatic rings. The van der Waals surface area contributed by atoms with Gasteiger partial charge in [0.1, 0.15) is 23.0 Å². The molecule has 0 saturated carbocycles. The maximum absolute atomic E-state index is 12.9. The number of aromatic nitrogens is 1. The fourth-order valence-corrected chi connectivity index (χ4v) is 3.13. The summed E-state index contributed by atoms with van der Waals surface area (Å²) in [5.74, 6) is -1.29. The topological polar surface area (TPSA) is 121 Å². The fraction of sp³-hybridized carbons (Fsp3) is 0. The molecule has 0 atom stereocenters. The lowest BCUT2D eigenvalue weighted by atomic mass is 10.3. The second-order valence-corrected chi connectivity index (χ2v) is 6.87. The van der Waals surface area contributed by atoms with Crippen LogP contribution in [0, 0.1) is 5.82 Å². The van der Waals surface area contributed by atoms with E-state index < -0.39 is 33.3 Å². The number of anilines is 1. The van der Waals surface area contributed by atoms with Crippen LogP contribution in [-0.4, -0.2) is 28.6 Å². The van der Waals surface area contributed by atoms with Gasteiger partial charge in [-0.15, -0.1) is 4.73 Å². The summed E-state index contributed by atoms with van der Waals surface area (Å²) in [6, 6.07) is 11.5. The van der Waals surface area contributed by atoms with Crippen molar-refractivity contribution >= 4 is 15.7 Å². The van der Waals surface area contributed by atoms with Crippen molar-refractivity contribution in [3.63, 3.8) is 0 Å². The quantitative estimate of drug-likeness (QED) is 0.505. The van der Waals surface area contributed by atoms with Crippen molar-refractivity contribution in [3.8, 4) is 23.3 Å². The molecule has 0 fully saturated rings. The summed E-state index contributed by atoms with van der Waals surface area (Å²) in [6.07, 6.45) is 0.